The van der Waals surface area contributed by atoms with Crippen LogP contribution in [0.2, 0.25) is 0 Å². The third-order valence-electron chi connectivity index (χ3n) is 4.13. The summed E-state index contributed by atoms with van der Waals surface area (Å²) in [6, 6.07) is 9.39. The molecule has 1 aliphatic rings. The summed E-state index contributed by atoms with van der Waals surface area (Å²) in [4.78, 5) is 40.6. The summed E-state index contributed by atoms with van der Waals surface area (Å²) in [5.41, 5.74) is 0.440. The molecule has 10 nitrogen and oxygen atoms in total. The summed E-state index contributed by atoms with van der Waals surface area (Å²) in [5, 5.41) is 13.7. The molecule has 0 spiro atoms. The quantitative estimate of drug-likeness (QED) is 0.596. The third-order valence-corrected chi connectivity index (χ3v) is 4.13. The van der Waals surface area contributed by atoms with Crippen LogP contribution in [0.15, 0.2) is 36.4 Å². The Morgan fingerprint density at radius 1 is 1.36 bits per heavy atom. The molecule has 1 N–H and O–H groups in total. The van der Waals surface area contributed by atoms with Gasteiger partial charge >= 0.3 is 5.82 Å². The van der Waals surface area contributed by atoms with E-state index in [1.54, 1.807) is 31.2 Å². The molecule has 0 saturated carbocycles. The number of pyridine rings is 1. The maximum absolute atomic E-state index is 12.7. The van der Waals surface area contributed by atoms with Crippen LogP contribution in [0, 0.1) is 10.1 Å². The monoisotopic (exact) mass is 386 g/mol. The Bertz CT molecular complexity index is 932. The number of nitrogens with zero attached hydrogens (tertiary/aromatic N) is 3. The first-order valence-corrected chi connectivity index (χ1v) is 8.51. The molecule has 0 bridgehead atoms. The van der Waals surface area contributed by atoms with Crippen LogP contribution < -0.4 is 19.7 Å². The number of carbonyl (C=O) groups is 2. The molecular formula is C18H18N4O6. The molecule has 1 atom stereocenters. The number of hydrogen-bond acceptors (Lipinski definition) is 7. The average Bonchev–Trinajstić information content (AvgIpc) is 2.69. The van der Waals surface area contributed by atoms with Gasteiger partial charge in [-0.25, -0.2) is 0 Å². The van der Waals surface area contributed by atoms with Gasteiger partial charge in [-0.2, -0.15) is 0 Å². The number of amides is 2. The van der Waals surface area contributed by atoms with Crippen LogP contribution in [-0.4, -0.2) is 41.5 Å². The first kappa shape index (κ1) is 19.1. The average molecular weight is 386 g/mol. The van der Waals surface area contributed by atoms with E-state index in [0.29, 0.717) is 17.9 Å². The lowest BCUT2D eigenvalue weighted by atomic mass is 10.2. The number of aromatic nitrogens is 1. The minimum absolute atomic E-state index is 0.0564. The second-order valence-electron chi connectivity index (χ2n) is 5.94. The number of para-hydroxylation sites is 2. The Balaban J connectivity index is 1.89. The fraction of sp³-hybridized carbons (Fsp3) is 0.278. The summed E-state index contributed by atoms with van der Waals surface area (Å²) in [7, 11) is 1.47. The highest BCUT2D eigenvalue weighted by atomic mass is 16.6. The van der Waals surface area contributed by atoms with Crippen LogP contribution in [0.4, 0.5) is 17.3 Å². The van der Waals surface area contributed by atoms with E-state index in [9.17, 15) is 19.7 Å². The van der Waals surface area contributed by atoms with Crippen LogP contribution in [0.5, 0.6) is 11.5 Å². The normalized spacial score (nSPS) is 15.4. The fourth-order valence-electron chi connectivity index (χ4n) is 2.79. The van der Waals surface area contributed by atoms with E-state index in [1.807, 2.05) is 0 Å². The third kappa shape index (κ3) is 3.70. The Morgan fingerprint density at radius 3 is 2.79 bits per heavy atom. The summed E-state index contributed by atoms with van der Waals surface area (Å²) in [6.07, 6.45) is -0.422. The van der Waals surface area contributed by atoms with E-state index in [1.165, 1.54) is 19.2 Å². The summed E-state index contributed by atoms with van der Waals surface area (Å²) in [6.45, 7) is 1.39. The van der Waals surface area contributed by atoms with Gasteiger partial charge < -0.3 is 24.9 Å². The van der Waals surface area contributed by atoms with Crippen LogP contribution in [0.3, 0.4) is 0 Å². The van der Waals surface area contributed by atoms with Crippen molar-refractivity contribution in [3.8, 4) is 11.5 Å². The van der Waals surface area contributed by atoms with Crippen LogP contribution in [0.1, 0.15) is 13.3 Å². The van der Waals surface area contributed by atoms with Crippen molar-refractivity contribution in [2.24, 2.45) is 0 Å². The number of fused-ring (bicyclic) bond motifs is 1. The van der Waals surface area contributed by atoms with Gasteiger partial charge in [-0.3, -0.25) is 14.5 Å². The van der Waals surface area contributed by atoms with Gasteiger partial charge in [-0.15, -0.1) is 0 Å². The molecule has 1 aromatic heterocycles. The fourth-order valence-corrected chi connectivity index (χ4v) is 2.79. The predicted octanol–water partition coefficient (Wildman–Crippen LogP) is 2.14. The number of benzene rings is 1. The van der Waals surface area contributed by atoms with Gasteiger partial charge in [0.15, 0.2) is 11.9 Å². The highest BCUT2D eigenvalue weighted by Gasteiger charge is 2.39. The Kier molecular flexibility index (Phi) is 5.39. The maximum atomic E-state index is 12.7. The highest BCUT2D eigenvalue weighted by molar-refractivity contribution is 6.05. The van der Waals surface area contributed by atoms with Crippen molar-refractivity contribution in [2.75, 3.05) is 23.9 Å². The Hall–Kier alpha value is -3.69. The molecule has 28 heavy (non-hydrogen) atoms. The maximum Gasteiger partial charge on any atom is 0.366 e. The molecule has 0 fully saturated rings. The molecule has 1 aromatic carbocycles. The van der Waals surface area contributed by atoms with E-state index >= 15 is 0 Å². The van der Waals surface area contributed by atoms with Gasteiger partial charge in [-0.1, -0.05) is 19.1 Å². The number of methoxy groups -OCH3 is 1. The topological polar surface area (TPSA) is 124 Å². The molecule has 146 valence electrons. The van der Waals surface area contributed by atoms with Crippen LogP contribution in [0.25, 0.3) is 0 Å². The van der Waals surface area contributed by atoms with Gasteiger partial charge in [0.2, 0.25) is 5.91 Å². The van der Waals surface area contributed by atoms with Crippen molar-refractivity contribution in [1.29, 1.82) is 0 Å². The number of nitrogens with one attached hydrogen (secondary N) is 1. The van der Waals surface area contributed by atoms with Gasteiger partial charge in [-0.05, 0) is 34.5 Å². The van der Waals surface area contributed by atoms with Crippen molar-refractivity contribution in [3.63, 3.8) is 0 Å². The molecule has 0 radical (unpaired) electrons. The number of carbonyl (C=O) groups excluding carboxylic acids is 2. The summed E-state index contributed by atoms with van der Waals surface area (Å²) in [5.74, 6) is -0.821. The summed E-state index contributed by atoms with van der Waals surface area (Å²) < 4.78 is 10.8. The van der Waals surface area contributed by atoms with E-state index in [4.69, 9.17) is 9.47 Å². The zero-order valence-corrected chi connectivity index (χ0v) is 15.2. The first-order valence-electron chi connectivity index (χ1n) is 8.51. The first-order chi connectivity index (χ1) is 13.4. The second-order valence-corrected chi connectivity index (χ2v) is 5.94. The number of nitro groups is 1. The molecule has 0 aliphatic carbocycles. The number of anilines is 2. The van der Waals surface area contributed by atoms with Crippen molar-refractivity contribution < 1.29 is 24.0 Å². The lowest BCUT2D eigenvalue weighted by Gasteiger charge is -2.30. The largest absolute Gasteiger partial charge is 0.495 e. The van der Waals surface area contributed by atoms with E-state index in [2.05, 4.69) is 10.3 Å². The van der Waals surface area contributed by atoms with Crippen molar-refractivity contribution in [1.82, 2.24) is 4.98 Å². The number of hydrogen-bond donors (Lipinski definition) is 1. The molecule has 3 rings (SSSR count). The molecule has 2 heterocycles. The highest BCUT2D eigenvalue weighted by Crippen LogP contribution is 2.34. The Morgan fingerprint density at radius 2 is 2.11 bits per heavy atom. The molecule has 2 amide bonds. The van der Waals surface area contributed by atoms with Gasteiger partial charge in [0, 0.05) is 6.07 Å². The lowest BCUT2D eigenvalue weighted by Crippen LogP contribution is -2.49. The molecule has 2 aromatic rings. The van der Waals surface area contributed by atoms with Gasteiger partial charge in [0.1, 0.15) is 12.3 Å². The smallest absolute Gasteiger partial charge is 0.366 e. The van der Waals surface area contributed by atoms with Gasteiger partial charge in [0.05, 0.1) is 12.8 Å². The molecule has 1 aliphatic heterocycles. The predicted molar refractivity (Wildman–Crippen MR) is 99.6 cm³/mol. The van der Waals surface area contributed by atoms with Crippen molar-refractivity contribution in [2.45, 2.75) is 19.4 Å². The van der Waals surface area contributed by atoms with Crippen molar-refractivity contribution >= 4 is 29.1 Å². The lowest BCUT2D eigenvalue weighted by molar-refractivity contribution is -0.389. The molecule has 0 saturated heterocycles. The molecule has 1 unspecified atom stereocenters. The zero-order chi connectivity index (χ0) is 20.3. The van der Waals surface area contributed by atoms with E-state index in [0.717, 1.165) is 4.90 Å². The molecular weight excluding hydrogens is 368 g/mol. The second kappa shape index (κ2) is 7.91. The SMILES string of the molecule is CCC1Oc2ccc([N+](=O)[O-])nc2N(CC(=O)Nc2ccccc2OC)C1=O. The minimum atomic E-state index is -0.796. The Labute approximate surface area is 160 Å². The molecule has 10 heteroatoms. The summed E-state index contributed by atoms with van der Waals surface area (Å²) >= 11 is 0. The number of rotatable bonds is 6. The van der Waals surface area contributed by atoms with E-state index < -0.39 is 28.7 Å². The standard InChI is InChI=1S/C18H18N4O6/c1-3-12-18(24)21(17-14(28-12)8-9-15(20-17)22(25)26)10-16(23)19-11-6-4-5-7-13(11)27-2/h4-9,12H,3,10H2,1-2H3,(H,19,23). The van der Waals surface area contributed by atoms with Crippen LogP contribution in [-0.2, 0) is 9.59 Å². The number of ether oxygens (including phenoxy) is 2. The van der Waals surface area contributed by atoms with E-state index in [-0.39, 0.29) is 18.1 Å². The minimum Gasteiger partial charge on any atom is -0.495 e. The van der Waals surface area contributed by atoms with Crippen LogP contribution >= 0.6 is 0 Å². The van der Waals surface area contributed by atoms with Gasteiger partial charge in [0.25, 0.3) is 11.7 Å². The zero-order valence-electron chi connectivity index (χ0n) is 15.2. The van der Waals surface area contributed by atoms with Crippen molar-refractivity contribution in [3.05, 3.63) is 46.5 Å².